The van der Waals surface area contributed by atoms with Gasteiger partial charge in [0.25, 0.3) is 0 Å². The van der Waals surface area contributed by atoms with Gasteiger partial charge < -0.3 is 4.74 Å². The van der Waals surface area contributed by atoms with Crippen molar-refractivity contribution in [2.45, 2.75) is 0 Å². The predicted molar refractivity (Wildman–Crippen MR) is 78.0 cm³/mol. The quantitative estimate of drug-likeness (QED) is 0.745. The van der Waals surface area contributed by atoms with Crippen LogP contribution in [0.5, 0.6) is 5.75 Å². The summed E-state index contributed by atoms with van der Waals surface area (Å²) < 4.78 is 19.8. The van der Waals surface area contributed by atoms with Crippen molar-refractivity contribution in [1.29, 1.82) is 5.26 Å². The van der Waals surface area contributed by atoms with Crippen LogP contribution in [0.2, 0.25) is 0 Å². The highest BCUT2D eigenvalue weighted by Gasteiger charge is 2.16. The van der Waals surface area contributed by atoms with Crippen LogP contribution in [0, 0.1) is 17.1 Å². The zero-order valence-electron chi connectivity index (χ0n) is 11.7. The van der Waals surface area contributed by atoms with Crippen LogP contribution in [0.4, 0.5) is 4.39 Å². The van der Waals surface area contributed by atoms with Crippen molar-refractivity contribution in [1.82, 2.24) is 15.0 Å². The van der Waals surface area contributed by atoms with Gasteiger partial charge >= 0.3 is 0 Å². The number of methoxy groups -OCH3 is 1. The number of hydrogen-bond acceptors (Lipinski definition) is 4. The van der Waals surface area contributed by atoms with Crippen molar-refractivity contribution in [2.75, 3.05) is 7.11 Å². The maximum absolute atomic E-state index is 13.1. The van der Waals surface area contributed by atoms with Crippen molar-refractivity contribution in [3.05, 3.63) is 60.0 Å². The molecule has 0 atom stereocenters. The molecule has 1 aromatic heterocycles. The fourth-order valence-corrected chi connectivity index (χ4v) is 2.13. The van der Waals surface area contributed by atoms with Gasteiger partial charge in [0.1, 0.15) is 23.3 Å². The summed E-state index contributed by atoms with van der Waals surface area (Å²) in [6.07, 6.45) is 0. The van der Waals surface area contributed by atoms with E-state index < -0.39 is 0 Å². The molecule has 0 amide bonds. The SMILES string of the molecule is COc1ccc(-n2nnc(C#N)c2-c2ccc(F)cc2)cc1. The van der Waals surface area contributed by atoms with E-state index in [-0.39, 0.29) is 11.5 Å². The number of nitrogens with zero attached hydrogens (tertiary/aromatic N) is 4. The average molecular weight is 294 g/mol. The zero-order valence-corrected chi connectivity index (χ0v) is 11.7. The molecule has 3 aromatic rings. The van der Waals surface area contributed by atoms with Gasteiger partial charge in [-0.2, -0.15) is 5.26 Å². The van der Waals surface area contributed by atoms with Gasteiger partial charge in [0.15, 0.2) is 5.69 Å². The Labute approximate surface area is 126 Å². The summed E-state index contributed by atoms with van der Waals surface area (Å²) in [7, 11) is 1.59. The van der Waals surface area contributed by atoms with E-state index in [4.69, 9.17) is 4.74 Å². The number of hydrogen-bond donors (Lipinski definition) is 0. The summed E-state index contributed by atoms with van der Waals surface area (Å²) in [5, 5.41) is 17.1. The van der Waals surface area contributed by atoms with Gasteiger partial charge in [0, 0.05) is 5.56 Å². The van der Waals surface area contributed by atoms with Crippen molar-refractivity contribution in [2.24, 2.45) is 0 Å². The first-order chi connectivity index (χ1) is 10.7. The minimum atomic E-state index is -0.342. The van der Waals surface area contributed by atoms with Crippen LogP contribution in [0.1, 0.15) is 5.69 Å². The lowest BCUT2D eigenvalue weighted by Gasteiger charge is -2.07. The first-order valence-corrected chi connectivity index (χ1v) is 6.49. The highest BCUT2D eigenvalue weighted by molar-refractivity contribution is 5.67. The Kier molecular flexibility index (Phi) is 3.54. The molecule has 5 nitrogen and oxygen atoms in total. The van der Waals surface area contributed by atoms with Crippen LogP contribution in [-0.2, 0) is 0 Å². The molecule has 22 heavy (non-hydrogen) atoms. The van der Waals surface area contributed by atoms with Gasteiger partial charge in [-0.25, -0.2) is 9.07 Å². The van der Waals surface area contributed by atoms with Crippen LogP contribution in [-0.4, -0.2) is 22.1 Å². The third-order valence-corrected chi connectivity index (χ3v) is 3.21. The lowest BCUT2D eigenvalue weighted by molar-refractivity contribution is 0.414. The Balaban J connectivity index is 2.14. The van der Waals surface area contributed by atoms with E-state index in [0.29, 0.717) is 17.0 Å². The molecule has 0 unspecified atom stereocenters. The van der Waals surface area contributed by atoms with Gasteiger partial charge in [-0.3, -0.25) is 0 Å². The molecule has 0 saturated heterocycles. The molecule has 0 N–H and O–H groups in total. The molecule has 3 rings (SSSR count). The van der Waals surface area contributed by atoms with Crippen LogP contribution in [0.25, 0.3) is 16.9 Å². The van der Waals surface area contributed by atoms with Gasteiger partial charge in [-0.15, -0.1) is 5.10 Å². The van der Waals surface area contributed by atoms with Crippen LogP contribution < -0.4 is 4.74 Å². The number of aromatic nitrogens is 3. The summed E-state index contributed by atoms with van der Waals surface area (Å²) in [5.74, 6) is 0.374. The van der Waals surface area contributed by atoms with Crippen LogP contribution in [0.3, 0.4) is 0 Å². The summed E-state index contributed by atoms with van der Waals surface area (Å²) in [4.78, 5) is 0. The Hall–Kier alpha value is -3.20. The molecular weight excluding hydrogens is 283 g/mol. The predicted octanol–water partition coefficient (Wildman–Crippen LogP) is 2.95. The third-order valence-electron chi connectivity index (χ3n) is 3.21. The minimum absolute atomic E-state index is 0.183. The monoisotopic (exact) mass is 294 g/mol. The number of benzene rings is 2. The smallest absolute Gasteiger partial charge is 0.191 e. The molecule has 0 radical (unpaired) electrons. The highest BCUT2D eigenvalue weighted by Crippen LogP contribution is 2.26. The number of halogens is 1. The normalized spacial score (nSPS) is 10.2. The van der Waals surface area contributed by atoms with E-state index in [2.05, 4.69) is 10.3 Å². The van der Waals surface area contributed by atoms with Crippen LogP contribution >= 0.6 is 0 Å². The number of nitriles is 1. The average Bonchev–Trinajstić information content (AvgIpc) is 2.99. The van der Waals surface area contributed by atoms with Crippen molar-refractivity contribution < 1.29 is 9.13 Å². The molecule has 108 valence electrons. The first-order valence-electron chi connectivity index (χ1n) is 6.49. The van der Waals surface area contributed by atoms with E-state index in [1.54, 1.807) is 36.1 Å². The van der Waals surface area contributed by atoms with Gasteiger partial charge in [-0.05, 0) is 48.5 Å². The molecule has 2 aromatic carbocycles. The molecule has 0 saturated carbocycles. The van der Waals surface area contributed by atoms with Gasteiger partial charge in [-0.1, -0.05) is 5.21 Å². The molecular formula is C16H11FN4O. The molecule has 0 aliphatic heterocycles. The molecule has 0 aliphatic carbocycles. The number of ether oxygens (including phenoxy) is 1. The second-order valence-electron chi connectivity index (χ2n) is 4.52. The maximum atomic E-state index is 13.1. The molecule has 1 heterocycles. The summed E-state index contributed by atoms with van der Waals surface area (Å²) in [6, 6.07) is 15.1. The topological polar surface area (TPSA) is 63.7 Å². The summed E-state index contributed by atoms with van der Waals surface area (Å²) in [6.45, 7) is 0. The highest BCUT2D eigenvalue weighted by atomic mass is 19.1. The standard InChI is InChI=1S/C16H11FN4O/c1-22-14-8-6-13(7-9-14)21-16(15(10-18)19-20-21)11-2-4-12(17)5-3-11/h2-9H,1H3. The molecule has 0 aliphatic rings. The summed E-state index contributed by atoms with van der Waals surface area (Å²) in [5.41, 5.74) is 2.10. The van der Waals surface area contributed by atoms with E-state index in [0.717, 1.165) is 5.69 Å². The van der Waals surface area contributed by atoms with E-state index in [1.165, 1.54) is 12.1 Å². The molecule has 0 spiro atoms. The maximum Gasteiger partial charge on any atom is 0.191 e. The van der Waals surface area contributed by atoms with Crippen molar-refractivity contribution in [3.8, 4) is 28.8 Å². The Morgan fingerprint density at radius 1 is 1.09 bits per heavy atom. The lowest BCUT2D eigenvalue weighted by Crippen LogP contribution is -2.00. The molecule has 0 bridgehead atoms. The Morgan fingerprint density at radius 2 is 1.77 bits per heavy atom. The zero-order chi connectivity index (χ0) is 15.5. The van der Waals surface area contributed by atoms with E-state index >= 15 is 0 Å². The third kappa shape index (κ3) is 2.40. The lowest BCUT2D eigenvalue weighted by atomic mass is 10.1. The second kappa shape index (κ2) is 5.66. The molecule has 6 heteroatoms. The second-order valence-corrected chi connectivity index (χ2v) is 4.52. The number of rotatable bonds is 3. The van der Waals surface area contributed by atoms with Gasteiger partial charge in [0.05, 0.1) is 12.8 Å². The Bertz CT molecular complexity index is 832. The largest absolute Gasteiger partial charge is 0.497 e. The van der Waals surface area contributed by atoms with E-state index in [1.807, 2.05) is 18.2 Å². The Morgan fingerprint density at radius 3 is 2.36 bits per heavy atom. The fraction of sp³-hybridized carbons (Fsp3) is 0.0625. The molecule has 0 fully saturated rings. The summed E-state index contributed by atoms with van der Waals surface area (Å²) >= 11 is 0. The van der Waals surface area contributed by atoms with Crippen LogP contribution in [0.15, 0.2) is 48.5 Å². The van der Waals surface area contributed by atoms with Crippen molar-refractivity contribution >= 4 is 0 Å². The van der Waals surface area contributed by atoms with E-state index in [9.17, 15) is 9.65 Å². The minimum Gasteiger partial charge on any atom is -0.497 e. The van der Waals surface area contributed by atoms with Gasteiger partial charge in [0.2, 0.25) is 0 Å². The van der Waals surface area contributed by atoms with Crippen molar-refractivity contribution in [3.63, 3.8) is 0 Å². The fourth-order valence-electron chi connectivity index (χ4n) is 2.13. The first kappa shape index (κ1) is 13.8.